The fourth-order valence-corrected chi connectivity index (χ4v) is 2.93. The summed E-state index contributed by atoms with van der Waals surface area (Å²) in [6.45, 7) is 4.36. The summed E-state index contributed by atoms with van der Waals surface area (Å²) in [5, 5.41) is 2.87. The van der Waals surface area contributed by atoms with Gasteiger partial charge in [-0.3, -0.25) is 4.79 Å². The van der Waals surface area contributed by atoms with E-state index in [2.05, 4.69) is 10.3 Å². The number of aromatic nitrogens is 1. The number of nitrogens with two attached hydrogens (primary N) is 1. The van der Waals surface area contributed by atoms with Gasteiger partial charge in [0.05, 0.1) is 22.6 Å². The second-order valence-corrected chi connectivity index (χ2v) is 5.86. The van der Waals surface area contributed by atoms with E-state index in [1.165, 1.54) is 11.3 Å². The van der Waals surface area contributed by atoms with Gasteiger partial charge < -0.3 is 11.1 Å². The van der Waals surface area contributed by atoms with Crippen LogP contribution in [-0.4, -0.2) is 10.9 Å². The Morgan fingerprint density at radius 3 is 2.82 bits per heavy atom. The number of amides is 1. The van der Waals surface area contributed by atoms with Crippen LogP contribution < -0.4 is 11.1 Å². The van der Waals surface area contributed by atoms with Crippen LogP contribution in [0, 0.1) is 13.8 Å². The molecule has 2 heterocycles. The lowest BCUT2D eigenvalue weighted by Crippen LogP contribution is -2.21. The molecule has 6 heteroatoms. The third-order valence-electron chi connectivity index (χ3n) is 2.43. The van der Waals surface area contributed by atoms with Crippen LogP contribution in [0.1, 0.15) is 25.1 Å². The number of nitrogens with zero attached hydrogens (tertiary/aromatic N) is 1. The number of thiophene rings is 1. The van der Waals surface area contributed by atoms with E-state index >= 15 is 0 Å². The largest absolute Gasteiger partial charge is 0.398 e. The van der Waals surface area contributed by atoms with Crippen LogP contribution in [0.5, 0.6) is 0 Å². The van der Waals surface area contributed by atoms with E-state index in [0.717, 1.165) is 15.4 Å². The zero-order valence-electron chi connectivity index (χ0n) is 9.61. The fraction of sp³-hybridized carbons (Fsp3) is 0.273. The Balaban J connectivity index is 2.00. The number of carbonyl (C=O) groups excluding carboxylic acids is 1. The molecule has 0 fully saturated rings. The maximum atomic E-state index is 11.8. The van der Waals surface area contributed by atoms with Crippen LogP contribution in [0.15, 0.2) is 11.6 Å². The summed E-state index contributed by atoms with van der Waals surface area (Å²) < 4.78 is 0. The van der Waals surface area contributed by atoms with E-state index in [1.54, 1.807) is 22.9 Å². The normalized spacial score (nSPS) is 10.5. The molecule has 0 radical (unpaired) electrons. The van der Waals surface area contributed by atoms with Gasteiger partial charge >= 0.3 is 0 Å². The number of hydrogen-bond acceptors (Lipinski definition) is 5. The van der Waals surface area contributed by atoms with Gasteiger partial charge in [0.1, 0.15) is 0 Å². The molecule has 0 unspecified atom stereocenters. The minimum atomic E-state index is -0.0809. The molecule has 2 aromatic rings. The summed E-state index contributed by atoms with van der Waals surface area (Å²) in [6.07, 6.45) is 0. The van der Waals surface area contributed by atoms with Gasteiger partial charge in [0.25, 0.3) is 5.91 Å². The Morgan fingerprint density at radius 2 is 2.29 bits per heavy atom. The van der Waals surface area contributed by atoms with E-state index < -0.39 is 0 Å². The first kappa shape index (κ1) is 12.1. The summed E-state index contributed by atoms with van der Waals surface area (Å²) in [4.78, 5) is 18.7. The molecule has 0 spiro atoms. The molecule has 3 N–H and O–H groups in total. The van der Waals surface area contributed by atoms with Crippen LogP contribution in [-0.2, 0) is 6.54 Å². The molecule has 0 aromatic carbocycles. The van der Waals surface area contributed by atoms with Gasteiger partial charge in [-0.2, -0.15) is 0 Å². The molecule has 0 bridgehead atoms. The number of carbonyl (C=O) groups is 1. The van der Waals surface area contributed by atoms with Gasteiger partial charge in [-0.05, 0) is 19.9 Å². The Hall–Kier alpha value is -1.40. The fourth-order valence-electron chi connectivity index (χ4n) is 1.35. The quantitative estimate of drug-likeness (QED) is 0.897. The van der Waals surface area contributed by atoms with Crippen molar-refractivity contribution in [3.8, 4) is 0 Å². The van der Waals surface area contributed by atoms with E-state index in [0.29, 0.717) is 17.1 Å². The number of nitrogens with one attached hydrogen (secondary N) is 1. The van der Waals surface area contributed by atoms with Crippen molar-refractivity contribution in [3.05, 3.63) is 31.9 Å². The van der Waals surface area contributed by atoms with Crippen molar-refractivity contribution in [2.24, 2.45) is 0 Å². The molecule has 17 heavy (non-hydrogen) atoms. The molecule has 0 saturated heterocycles. The Morgan fingerprint density at radius 1 is 1.53 bits per heavy atom. The summed E-state index contributed by atoms with van der Waals surface area (Å²) >= 11 is 2.96. The summed E-state index contributed by atoms with van der Waals surface area (Å²) in [6, 6.07) is 1.72. The first-order chi connectivity index (χ1) is 8.08. The minimum Gasteiger partial charge on any atom is -0.398 e. The molecule has 0 saturated carbocycles. The molecule has 2 rings (SSSR count). The lowest BCUT2D eigenvalue weighted by atomic mass is 10.3. The van der Waals surface area contributed by atoms with Gasteiger partial charge in [0.2, 0.25) is 0 Å². The average Bonchev–Trinajstić information content (AvgIpc) is 2.83. The standard InChI is InChI=1S/C11H13N3OS2/c1-6-10(16-5-14-6)4-13-11(15)9-3-8(12)7(2)17-9/h3,5H,4,12H2,1-2H3,(H,13,15). The van der Waals surface area contributed by atoms with Gasteiger partial charge in [0, 0.05) is 15.4 Å². The maximum Gasteiger partial charge on any atom is 0.261 e. The van der Waals surface area contributed by atoms with Gasteiger partial charge in [-0.1, -0.05) is 0 Å². The van der Waals surface area contributed by atoms with Crippen molar-refractivity contribution in [1.82, 2.24) is 10.3 Å². The number of anilines is 1. The maximum absolute atomic E-state index is 11.8. The molecule has 0 aliphatic heterocycles. The lowest BCUT2D eigenvalue weighted by molar-refractivity contribution is 0.0955. The zero-order chi connectivity index (χ0) is 12.4. The van der Waals surface area contributed by atoms with Crippen molar-refractivity contribution >= 4 is 34.3 Å². The van der Waals surface area contributed by atoms with E-state index in [9.17, 15) is 4.79 Å². The predicted molar refractivity (Wildman–Crippen MR) is 71.5 cm³/mol. The molecule has 0 atom stereocenters. The highest BCUT2D eigenvalue weighted by molar-refractivity contribution is 7.14. The topological polar surface area (TPSA) is 68.0 Å². The van der Waals surface area contributed by atoms with E-state index in [4.69, 9.17) is 5.73 Å². The molecule has 0 aliphatic carbocycles. The second kappa shape index (κ2) is 4.85. The molecule has 4 nitrogen and oxygen atoms in total. The summed E-state index contributed by atoms with van der Waals surface area (Å²) in [5.41, 5.74) is 9.14. The molecular formula is C11H13N3OS2. The first-order valence-electron chi connectivity index (χ1n) is 5.11. The molecular weight excluding hydrogens is 254 g/mol. The minimum absolute atomic E-state index is 0.0809. The van der Waals surface area contributed by atoms with Gasteiger partial charge in [-0.25, -0.2) is 4.98 Å². The van der Waals surface area contributed by atoms with Crippen LogP contribution in [0.2, 0.25) is 0 Å². The van der Waals surface area contributed by atoms with Crippen molar-refractivity contribution in [2.45, 2.75) is 20.4 Å². The van der Waals surface area contributed by atoms with Crippen LogP contribution in [0.25, 0.3) is 0 Å². The zero-order valence-corrected chi connectivity index (χ0v) is 11.2. The number of rotatable bonds is 3. The second-order valence-electron chi connectivity index (χ2n) is 3.67. The van der Waals surface area contributed by atoms with Crippen molar-refractivity contribution < 1.29 is 4.79 Å². The highest BCUT2D eigenvalue weighted by Crippen LogP contribution is 2.23. The number of nitrogen functional groups attached to an aromatic ring is 1. The van der Waals surface area contributed by atoms with E-state index in [-0.39, 0.29) is 5.91 Å². The molecule has 2 aromatic heterocycles. The Labute approximate surface area is 107 Å². The van der Waals surface area contributed by atoms with Crippen LogP contribution >= 0.6 is 22.7 Å². The average molecular weight is 267 g/mol. The first-order valence-corrected chi connectivity index (χ1v) is 6.80. The number of hydrogen-bond donors (Lipinski definition) is 2. The SMILES string of the molecule is Cc1ncsc1CNC(=O)c1cc(N)c(C)s1. The third-order valence-corrected chi connectivity index (χ3v) is 4.43. The molecule has 0 aliphatic rings. The molecule has 1 amide bonds. The van der Waals surface area contributed by atoms with Gasteiger partial charge in [0.15, 0.2) is 0 Å². The Bertz CT molecular complexity index is 525. The predicted octanol–water partition coefficient (Wildman–Crippen LogP) is 2.33. The third kappa shape index (κ3) is 2.65. The van der Waals surface area contributed by atoms with Crippen molar-refractivity contribution in [1.29, 1.82) is 0 Å². The number of thiazole rings is 1. The van der Waals surface area contributed by atoms with Crippen LogP contribution in [0.3, 0.4) is 0 Å². The summed E-state index contributed by atoms with van der Waals surface area (Å²) in [7, 11) is 0. The summed E-state index contributed by atoms with van der Waals surface area (Å²) in [5.74, 6) is -0.0809. The number of aryl methyl sites for hydroxylation is 2. The van der Waals surface area contributed by atoms with E-state index in [1.807, 2.05) is 13.8 Å². The lowest BCUT2D eigenvalue weighted by Gasteiger charge is -2.01. The smallest absolute Gasteiger partial charge is 0.261 e. The van der Waals surface area contributed by atoms with Gasteiger partial charge in [-0.15, -0.1) is 22.7 Å². The molecule has 90 valence electrons. The van der Waals surface area contributed by atoms with Crippen molar-refractivity contribution in [2.75, 3.05) is 5.73 Å². The highest BCUT2D eigenvalue weighted by Gasteiger charge is 2.11. The monoisotopic (exact) mass is 267 g/mol. The van der Waals surface area contributed by atoms with Crippen LogP contribution in [0.4, 0.5) is 5.69 Å². The Kier molecular flexibility index (Phi) is 3.44. The highest BCUT2D eigenvalue weighted by atomic mass is 32.1. The van der Waals surface area contributed by atoms with Crippen molar-refractivity contribution in [3.63, 3.8) is 0 Å².